The summed E-state index contributed by atoms with van der Waals surface area (Å²) in [7, 11) is 0. The third-order valence-corrected chi connectivity index (χ3v) is 3.54. The van der Waals surface area contributed by atoms with Crippen LogP contribution in [0.25, 0.3) is 0 Å². The Balaban J connectivity index is 2.43. The molecule has 0 nitrogen and oxygen atoms in total. The lowest BCUT2D eigenvalue weighted by Crippen LogP contribution is -2.24. The molecule has 0 heteroatoms. The summed E-state index contributed by atoms with van der Waals surface area (Å²) < 4.78 is 0. The first kappa shape index (κ1) is 8.10. The minimum absolute atomic E-state index is 0.539. The first-order valence-corrected chi connectivity index (χ1v) is 5.09. The van der Waals surface area contributed by atoms with E-state index < -0.39 is 0 Å². The SMILES string of the molecule is CC1=C2C=CCC[C@]2(C)CCC1. The fraction of sp³-hybridized carbons (Fsp3) is 0.667. The molecule has 0 aromatic rings. The summed E-state index contributed by atoms with van der Waals surface area (Å²) in [6, 6.07) is 0. The average Bonchev–Trinajstić information content (AvgIpc) is 2.04. The molecule has 0 radical (unpaired) electrons. The normalized spacial score (nSPS) is 35.2. The highest BCUT2D eigenvalue weighted by Crippen LogP contribution is 2.46. The van der Waals surface area contributed by atoms with E-state index in [0.717, 1.165) is 0 Å². The number of rotatable bonds is 0. The summed E-state index contributed by atoms with van der Waals surface area (Å²) >= 11 is 0. The van der Waals surface area contributed by atoms with Crippen molar-refractivity contribution in [3.05, 3.63) is 23.3 Å². The molecule has 0 bridgehead atoms. The van der Waals surface area contributed by atoms with Crippen LogP contribution in [0.4, 0.5) is 0 Å². The van der Waals surface area contributed by atoms with Gasteiger partial charge in [-0.3, -0.25) is 0 Å². The van der Waals surface area contributed by atoms with Crippen LogP contribution in [0.1, 0.15) is 46.0 Å². The summed E-state index contributed by atoms with van der Waals surface area (Å²) in [5.74, 6) is 0. The van der Waals surface area contributed by atoms with Crippen LogP contribution in [0.15, 0.2) is 23.3 Å². The molecule has 0 heterocycles. The molecule has 0 amide bonds. The van der Waals surface area contributed by atoms with Crippen LogP contribution < -0.4 is 0 Å². The summed E-state index contributed by atoms with van der Waals surface area (Å²) in [5.41, 5.74) is 3.83. The summed E-state index contributed by atoms with van der Waals surface area (Å²) in [6.45, 7) is 4.75. The van der Waals surface area contributed by atoms with Gasteiger partial charge < -0.3 is 0 Å². The Kier molecular flexibility index (Phi) is 1.86. The Labute approximate surface area is 75.4 Å². The minimum Gasteiger partial charge on any atom is -0.0842 e. The van der Waals surface area contributed by atoms with Crippen molar-refractivity contribution in [1.82, 2.24) is 0 Å². The highest BCUT2D eigenvalue weighted by Gasteiger charge is 2.32. The fourth-order valence-electron chi connectivity index (χ4n) is 2.73. The zero-order valence-corrected chi connectivity index (χ0v) is 8.19. The first-order valence-electron chi connectivity index (χ1n) is 5.09. The van der Waals surface area contributed by atoms with E-state index in [9.17, 15) is 0 Å². The van der Waals surface area contributed by atoms with Crippen molar-refractivity contribution < 1.29 is 0 Å². The molecule has 2 aliphatic rings. The average molecular weight is 162 g/mol. The minimum atomic E-state index is 0.539. The molecule has 0 spiro atoms. The molecule has 0 saturated heterocycles. The third-order valence-electron chi connectivity index (χ3n) is 3.54. The lowest BCUT2D eigenvalue weighted by Gasteiger charge is -2.38. The summed E-state index contributed by atoms with van der Waals surface area (Å²) in [4.78, 5) is 0. The van der Waals surface area contributed by atoms with Gasteiger partial charge in [0.05, 0.1) is 0 Å². The first-order chi connectivity index (χ1) is 5.72. The van der Waals surface area contributed by atoms with Crippen molar-refractivity contribution >= 4 is 0 Å². The number of allylic oxidation sites excluding steroid dienone is 4. The van der Waals surface area contributed by atoms with Crippen LogP contribution in [0.3, 0.4) is 0 Å². The van der Waals surface area contributed by atoms with Crippen LogP contribution in [0.5, 0.6) is 0 Å². The Morgan fingerprint density at radius 3 is 2.92 bits per heavy atom. The molecule has 0 aromatic heterocycles. The fourth-order valence-corrected chi connectivity index (χ4v) is 2.73. The monoisotopic (exact) mass is 162 g/mol. The largest absolute Gasteiger partial charge is 0.0842 e. The molecule has 1 atom stereocenters. The molecule has 2 rings (SSSR count). The quantitative estimate of drug-likeness (QED) is 0.507. The molecule has 0 fully saturated rings. The molecular weight excluding hydrogens is 144 g/mol. The van der Waals surface area contributed by atoms with E-state index >= 15 is 0 Å². The molecular formula is C12H18. The van der Waals surface area contributed by atoms with Crippen molar-refractivity contribution in [2.75, 3.05) is 0 Å². The maximum Gasteiger partial charge on any atom is -0.00729 e. The van der Waals surface area contributed by atoms with E-state index in [1.54, 1.807) is 11.1 Å². The maximum absolute atomic E-state index is 2.44. The molecule has 0 saturated carbocycles. The molecule has 0 aliphatic heterocycles. The second-order valence-electron chi connectivity index (χ2n) is 4.55. The number of hydrogen-bond donors (Lipinski definition) is 0. The Morgan fingerprint density at radius 2 is 2.17 bits per heavy atom. The van der Waals surface area contributed by atoms with Gasteiger partial charge in [0.2, 0.25) is 0 Å². The topological polar surface area (TPSA) is 0 Å². The second-order valence-corrected chi connectivity index (χ2v) is 4.55. The van der Waals surface area contributed by atoms with Crippen molar-refractivity contribution in [2.24, 2.45) is 5.41 Å². The van der Waals surface area contributed by atoms with E-state index in [1.807, 2.05) is 0 Å². The summed E-state index contributed by atoms with van der Waals surface area (Å²) in [5, 5.41) is 0. The Hall–Kier alpha value is -0.520. The van der Waals surface area contributed by atoms with Gasteiger partial charge in [-0.05, 0) is 50.0 Å². The van der Waals surface area contributed by atoms with E-state index in [1.165, 1.54) is 32.1 Å². The Morgan fingerprint density at radius 1 is 1.33 bits per heavy atom. The van der Waals surface area contributed by atoms with Crippen molar-refractivity contribution in [3.63, 3.8) is 0 Å². The van der Waals surface area contributed by atoms with E-state index in [0.29, 0.717) is 5.41 Å². The van der Waals surface area contributed by atoms with Crippen molar-refractivity contribution in [2.45, 2.75) is 46.0 Å². The van der Waals surface area contributed by atoms with Crippen LogP contribution in [-0.4, -0.2) is 0 Å². The van der Waals surface area contributed by atoms with Gasteiger partial charge in [0.1, 0.15) is 0 Å². The third kappa shape index (κ3) is 1.14. The van der Waals surface area contributed by atoms with E-state index in [2.05, 4.69) is 26.0 Å². The molecule has 2 aliphatic carbocycles. The van der Waals surface area contributed by atoms with Gasteiger partial charge in [-0.1, -0.05) is 24.6 Å². The molecule has 66 valence electrons. The lowest BCUT2D eigenvalue weighted by molar-refractivity contribution is 0.309. The smallest absolute Gasteiger partial charge is 0.00729 e. The highest BCUT2D eigenvalue weighted by atomic mass is 14.4. The zero-order valence-electron chi connectivity index (χ0n) is 8.19. The van der Waals surface area contributed by atoms with E-state index in [4.69, 9.17) is 0 Å². The van der Waals surface area contributed by atoms with Gasteiger partial charge in [-0.25, -0.2) is 0 Å². The van der Waals surface area contributed by atoms with Crippen LogP contribution in [-0.2, 0) is 0 Å². The van der Waals surface area contributed by atoms with Crippen LogP contribution >= 0.6 is 0 Å². The van der Waals surface area contributed by atoms with Crippen molar-refractivity contribution in [3.8, 4) is 0 Å². The van der Waals surface area contributed by atoms with Gasteiger partial charge in [-0.2, -0.15) is 0 Å². The molecule has 0 aromatic carbocycles. The van der Waals surface area contributed by atoms with Gasteiger partial charge in [0, 0.05) is 0 Å². The standard InChI is InChI=1S/C12H18/c1-10-6-5-9-12(2)8-4-3-7-11(10)12/h3,7H,4-6,8-9H2,1-2H3/t12-/m1/s1. The second kappa shape index (κ2) is 2.76. The molecule has 12 heavy (non-hydrogen) atoms. The van der Waals surface area contributed by atoms with Crippen LogP contribution in [0, 0.1) is 5.41 Å². The van der Waals surface area contributed by atoms with Crippen molar-refractivity contribution in [1.29, 1.82) is 0 Å². The Bertz CT molecular complexity index is 245. The number of hydrogen-bond acceptors (Lipinski definition) is 0. The molecule has 0 unspecified atom stereocenters. The van der Waals surface area contributed by atoms with Gasteiger partial charge in [0.25, 0.3) is 0 Å². The highest BCUT2D eigenvalue weighted by molar-refractivity contribution is 5.35. The van der Waals surface area contributed by atoms with Gasteiger partial charge in [0.15, 0.2) is 0 Å². The summed E-state index contributed by atoms with van der Waals surface area (Å²) in [6.07, 6.45) is 11.5. The predicted octanol–water partition coefficient (Wildman–Crippen LogP) is 3.84. The predicted molar refractivity (Wildman–Crippen MR) is 53.0 cm³/mol. The maximum atomic E-state index is 2.44. The lowest BCUT2D eigenvalue weighted by atomic mass is 9.67. The van der Waals surface area contributed by atoms with Gasteiger partial charge >= 0.3 is 0 Å². The van der Waals surface area contributed by atoms with E-state index in [-0.39, 0.29) is 0 Å². The number of fused-ring (bicyclic) bond motifs is 1. The van der Waals surface area contributed by atoms with Gasteiger partial charge in [-0.15, -0.1) is 0 Å². The van der Waals surface area contributed by atoms with Crippen LogP contribution in [0.2, 0.25) is 0 Å². The zero-order chi connectivity index (χ0) is 8.60. The molecule has 0 N–H and O–H groups in total.